The molecule has 0 aromatic rings. The number of nitrogens with one attached hydrogen (secondary N) is 1. The first-order valence-corrected chi connectivity index (χ1v) is 9.10. The zero-order valence-electron chi connectivity index (χ0n) is 14.8. The van der Waals surface area contributed by atoms with Gasteiger partial charge in [-0.2, -0.15) is 0 Å². The van der Waals surface area contributed by atoms with Crippen LogP contribution in [0.4, 0.5) is 4.79 Å². The van der Waals surface area contributed by atoms with Gasteiger partial charge in [-0.15, -0.1) is 0 Å². The van der Waals surface area contributed by atoms with Gasteiger partial charge in [0.05, 0.1) is 5.54 Å². The Morgan fingerprint density at radius 1 is 1.33 bits per heavy atom. The first-order chi connectivity index (χ1) is 11.6. The van der Waals surface area contributed by atoms with Gasteiger partial charge in [0.1, 0.15) is 0 Å². The molecule has 1 unspecified atom stereocenters. The number of urea groups is 1. The van der Waals surface area contributed by atoms with Crippen LogP contribution in [0.3, 0.4) is 0 Å². The summed E-state index contributed by atoms with van der Waals surface area (Å²) in [5.74, 6) is 0.105. The molecule has 1 N–H and O–H groups in total. The molecule has 7 nitrogen and oxygen atoms in total. The molecule has 3 rings (SSSR count). The zero-order valence-corrected chi connectivity index (χ0v) is 14.8. The number of amides is 3. The van der Waals surface area contributed by atoms with Crippen molar-refractivity contribution in [3.63, 3.8) is 0 Å². The highest BCUT2D eigenvalue weighted by Gasteiger charge is 2.62. The second kappa shape index (κ2) is 7.27. The molecule has 1 atom stereocenters. The van der Waals surface area contributed by atoms with Gasteiger partial charge in [-0.3, -0.25) is 4.79 Å². The van der Waals surface area contributed by atoms with Crippen molar-refractivity contribution in [3.05, 3.63) is 0 Å². The monoisotopic (exact) mass is 339 g/mol. The van der Waals surface area contributed by atoms with E-state index in [1.165, 1.54) is 0 Å². The minimum atomic E-state index is -0.327. The summed E-state index contributed by atoms with van der Waals surface area (Å²) < 4.78 is 11.0. The van der Waals surface area contributed by atoms with Crippen LogP contribution in [0.2, 0.25) is 0 Å². The van der Waals surface area contributed by atoms with E-state index in [1.54, 1.807) is 7.11 Å². The first kappa shape index (κ1) is 17.5. The largest absolute Gasteiger partial charge is 0.381 e. The Bertz CT molecular complexity index is 470. The number of ether oxygens (including phenoxy) is 2. The van der Waals surface area contributed by atoms with Crippen molar-refractivity contribution < 1.29 is 19.1 Å². The summed E-state index contributed by atoms with van der Waals surface area (Å²) in [6, 6.07) is 0.220. The van der Waals surface area contributed by atoms with E-state index in [1.807, 2.05) is 11.8 Å². The van der Waals surface area contributed by atoms with Crippen LogP contribution >= 0.6 is 0 Å². The predicted molar refractivity (Wildman–Crippen MR) is 88.7 cm³/mol. The third kappa shape index (κ3) is 2.88. The van der Waals surface area contributed by atoms with E-state index >= 15 is 0 Å². The molecule has 3 aliphatic heterocycles. The molecule has 3 aliphatic rings. The Labute approximate surface area is 143 Å². The van der Waals surface area contributed by atoms with Crippen LogP contribution in [0.15, 0.2) is 0 Å². The van der Waals surface area contributed by atoms with Crippen LogP contribution in [0, 0.1) is 0 Å². The van der Waals surface area contributed by atoms with Gasteiger partial charge in [0, 0.05) is 46.0 Å². The minimum absolute atomic E-state index is 0.0146. The third-order valence-corrected chi connectivity index (χ3v) is 5.67. The van der Waals surface area contributed by atoms with Crippen LogP contribution in [-0.4, -0.2) is 79.4 Å². The quantitative estimate of drug-likeness (QED) is 0.775. The van der Waals surface area contributed by atoms with Crippen LogP contribution in [0.25, 0.3) is 0 Å². The van der Waals surface area contributed by atoms with E-state index in [0.29, 0.717) is 32.8 Å². The zero-order chi connectivity index (χ0) is 17.2. The normalized spacial score (nSPS) is 27.2. The van der Waals surface area contributed by atoms with E-state index in [4.69, 9.17) is 9.47 Å². The van der Waals surface area contributed by atoms with Crippen molar-refractivity contribution in [1.29, 1.82) is 0 Å². The number of hydrogen-bond donors (Lipinski definition) is 1. The molecule has 3 amide bonds. The standard InChI is InChI=1S/C17H29N3O4/c1-3-8-18-16(22)19-9-4-13(5-10-19)20-15(21)14(23-2)17(20)6-11-24-12-7-17/h13-14H,3-12H2,1-2H3,(H,18,22). The highest BCUT2D eigenvalue weighted by Crippen LogP contribution is 2.45. The number of carbonyl (C=O) groups excluding carboxylic acids is 2. The molecule has 1 spiro atoms. The van der Waals surface area contributed by atoms with Gasteiger partial charge in [-0.05, 0) is 32.1 Å². The maximum absolute atomic E-state index is 12.6. The maximum Gasteiger partial charge on any atom is 0.317 e. The van der Waals surface area contributed by atoms with E-state index in [-0.39, 0.29) is 29.6 Å². The van der Waals surface area contributed by atoms with Gasteiger partial charge < -0.3 is 24.6 Å². The Kier molecular flexibility index (Phi) is 5.30. The molecule has 0 saturated carbocycles. The van der Waals surface area contributed by atoms with E-state index in [9.17, 15) is 9.59 Å². The Morgan fingerprint density at radius 3 is 2.58 bits per heavy atom. The van der Waals surface area contributed by atoms with Crippen LogP contribution < -0.4 is 5.32 Å². The van der Waals surface area contributed by atoms with Crippen molar-refractivity contribution in [2.24, 2.45) is 0 Å². The molecule has 136 valence electrons. The molecule has 24 heavy (non-hydrogen) atoms. The lowest BCUT2D eigenvalue weighted by atomic mass is 9.72. The summed E-state index contributed by atoms with van der Waals surface area (Å²) in [7, 11) is 1.62. The molecular formula is C17H29N3O4. The molecule has 0 aromatic carbocycles. The fraction of sp³-hybridized carbons (Fsp3) is 0.882. The van der Waals surface area contributed by atoms with Gasteiger partial charge in [-0.1, -0.05) is 6.92 Å². The number of likely N-dealkylation sites (tertiary alicyclic amines) is 2. The Morgan fingerprint density at radius 2 is 2.00 bits per heavy atom. The van der Waals surface area contributed by atoms with Gasteiger partial charge in [0.2, 0.25) is 0 Å². The number of piperidine rings is 1. The van der Waals surface area contributed by atoms with Gasteiger partial charge >= 0.3 is 6.03 Å². The topological polar surface area (TPSA) is 71.1 Å². The smallest absolute Gasteiger partial charge is 0.317 e. The second-order valence-electron chi connectivity index (χ2n) is 6.99. The summed E-state index contributed by atoms with van der Waals surface area (Å²) in [5, 5.41) is 2.93. The van der Waals surface area contributed by atoms with Crippen molar-refractivity contribution in [3.8, 4) is 0 Å². The van der Waals surface area contributed by atoms with Gasteiger partial charge in [0.15, 0.2) is 6.10 Å². The predicted octanol–water partition coefficient (Wildman–Crippen LogP) is 0.977. The summed E-state index contributed by atoms with van der Waals surface area (Å²) in [6.45, 7) is 5.52. The number of carbonyl (C=O) groups is 2. The minimum Gasteiger partial charge on any atom is -0.381 e. The lowest BCUT2D eigenvalue weighted by molar-refractivity contribution is -0.213. The molecule has 0 aliphatic carbocycles. The van der Waals surface area contributed by atoms with E-state index in [0.717, 1.165) is 32.1 Å². The van der Waals surface area contributed by atoms with Crippen molar-refractivity contribution in [2.75, 3.05) is 40.0 Å². The molecule has 3 heterocycles. The number of nitrogens with zero attached hydrogens (tertiary/aromatic N) is 2. The molecular weight excluding hydrogens is 310 g/mol. The van der Waals surface area contributed by atoms with Gasteiger partial charge in [0.25, 0.3) is 5.91 Å². The SMILES string of the molecule is CCCNC(=O)N1CCC(N2C(=O)C(OC)C23CCOCC3)CC1. The number of methoxy groups -OCH3 is 1. The molecule has 3 fully saturated rings. The second-order valence-corrected chi connectivity index (χ2v) is 6.99. The summed E-state index contributed by atoms with van der Waals surface area (Å²) in [4.78, 5) is 28.6. The Hall–Kier alpha value is -1.34. The van der Waals surface area contributed by atoms with Crippen LogP contribution in [0.5, 0.6) is 0 Å². The lowest BCUT2D eigenvalue weighted by Gasteiger charge is -2.61. The van der Waals surface area contributed by atoms with Crippen molar-refractivity contribution >= 4 is 11.9 Å². The van der Waals surface area contributed by atoms with Gasteiger partial charge in [-0.25, -0.2) is 4.79 Å². The van der Waals surface area contributed by atoms with E-state index in [2.05, 4.69) is 10.2 Å². The highest BCUT2D eigenvalue weighted by atomic mass is 16.5. The number of β-lactam (4-membered cyclic amide) rings is 1. The molecule has 0 aromatic heterocycles. The van der Waals surface area contributed by atoms with Crippen LogP contribution in [-0.2, 0) is 14.3 Å². The first-order valence-electron chi connectivity index (χ1n) is 9.10. The summed E-state index contributed by atoms with van der Waals surface area (Å²) in [6.07, 6.45) is 3.97. The fourth-order valence-electron chi connectivity index (χ4n) is 4.40. The van der Waals surface area contributed by atoms with Crippen molar-refractivity contribution in [2.45, 2.75) is 56.7 Å². The molecule has 0 radical (unpaired) electrons. The molecule has 3 saturated heterocycles. The van der Waals surface area contributed by atoms with Crippen molar-refractivity contribution in [1.82, 2.24) is 15.1 Å². The highest BCUT2D eigenvalue weighted by molar-refractivity contribution is 5.91. The average molecular weight is 339 g/mol. The van der Waals surface area contributed by atoms with E-state index < -0.39 is 0 Å². The summed E-state index contributed by atoms with van der Waals surface area (Å²) in [5.41, 5.74) is -0.193. The van der Waals surface area contributed by atoms with Crippen LogP contribution in [0.1, 0.15) is 39.0 Å². The molecule has 0 bridgehead atoms. The third-order valence-electron chi connectivity index (χ3n) is 5.67. The number of rotatable bonds is 4. The average Bonchev–Trinajstić information content (AvgIpc) is 2.61. The molecule has 7 heteroatoms. The lowest BCUT2D eigenvalue weighted by Crippen LogP contribution is -2.79. The fourth-order valence-corrected chi connectivity index (χ4v) is 4.40. The number of hydrogen-bond acceptors (Lipinski definition) is 4. The Balaban J connectivity index is 1.61. The summed E-state index contributed by atoms with van der Waals surface area (Å²) >= 11 is 0. The maximum atomic E-state index is 12.6.